The number of hydrogen-bond donors (Lipinski definition) is 1. The van der Waals surface area contributed by atoms with Gasteiger partial charge in [-0.2, -0.15) is 0 Å². The van der Waals surface area contributed by atoms with Crippen LogP contribution in [0.5, 0.6) is 5.75 Å². The van der Waals surface area contributed by atoms with Crippen LogP contribution < -0.4 is 4.74 Å². The smallest absolute Gasteiger partial charge is 0.308 e. The van der Waals surface area contributed by atoms with Gasteiger partial charge >= 0.3 is 5.97 Å². The minimum atomic E-state index is -0.768. The normalized spacial score (nSPS) is 18.1. The van der Waals surface area contributed by atoms with Crippen LogP contribution in [0.1, 0.15) is 30.4 Å². The Hall–Kier alpha value is -3.14. The monoisotopic (exact) mass is 494 g/mol. The van der Waals surface area contributed by atoms with Gasteiger partial charge in [0.1, 0.15) is 11.6 Å². The molecule has 4 rings (SSSR count). The second kappa shape index (κ2) is 11.5. The minimum absolute atomic E-state index is 0.119. The van der Waals surface area contributed by atoms with Gasteiger partial charge in [0, 0.05) is 23.2 Å². The van der Waals surface area contributed by atoms with Crippen LogP contribution in [0.25, 0.3) is 10.9 Å². The van der Waals surface area contributed by atoms with Crippen LogP contribution in [0, 0.1) is 29.5 Å². The summed E-state index contributed by atoms with van der Waals surface area (Å²) in [4.78, 5) is 18.5. The van der Waals surface area contributed by atoms with Crippen molar-refractivity contribution in [3.8, 4) is 17.6 Å². The van der Waals surface area contributed by atoms with Crippen LogP contribution in [0.4, 0.5) is 4.39 Å². The fourth-order valence-electron chi connectivity index (χ4n) is 4.76. The molecule has 2 heterocycles. The van der Waals surface area contributed by atoms with Crippen LogP contribution >= 0.6 is 11.6 Å². The maximum Gasteiger partial charge on any atom is 0.308 e. The molecule has 2 atom stereocenters. The maximum absolute atomic E-state index is 13.9. The lowest BCUT2D eigenvalue weighted by molar-refractivity contribution is -0.146. The molecule has 35 heavy (non-hydrogen) atoms. The molecule has 0 aliphatic carbocycles. The summed E-state index contributed by atoms with van der Waals surface area (Å²) in [7, 11) is 1.65. The Bertz CT molecular complexity index is 1270. The first-order chi connectivity index (χ1) is 16.9. The van der Waals surface area contributed by atoms with E-state index in [1.807, 2.05) is 35.4 Å². The molecular formula is C28H28ClFN2O3. The Balaban J connectivity index is 1.34. The van der Waals surface area contributed by atoms with Gasteiger partial charge in [-0.1, -0.05) is 23.4 Å². The maximum atomic E-state index is 13.9. The number of pyridine rings is 1. The molecular weight excluding hydrogens is 467 g/mol. The van der Waals surface area contributed by atoms with Crippen LogP contribution in [0.2, 0.25) is 5.02 Å². The number of carbonyl (C=O) groups is 1. The van der Waals surface area contributed by atoms with Gasteiger partial charge in [0.25, 0.3) is 0 Å². The lowest BCUT2D eigenvalue weighted by Gasteiger charge is -2.35. The molecule has 7 heteroatoms. The third kappa shape index (κ3) is 6.30. The van der Waals surface area contributed by atoms with Crippen LogP contribution in [-0.4, -0.2) is 47.7 Å². The zero-order valence-corrected chi connectivity index (χ0v) is 20.4. The van der Waals surface area contributed by atoms with Gasteiger partial charge < -0.3 is 9.84 Å². The third-order valence-corrected chi connectivity index (χ3v) is 6.91. The Labute approximate surface area is 209 Å². The molecule has 1 aromatic heterocycles. The van der Waals surface area contributed by atoms with E-state index < -0.39 is 17.7 Å². The number of methoxy groups -OCH3 is 1. The molecule has 0 saturated carbocycles. The van der Waals surface area contributed by atoms with Crippen molar-refractivity contribution in [2.75, 3.05) is 26.7 Å². The quantitative estimate of drug-likeness (QED) is 0.443. The first-order valence-electron chi connectivity index (χ1n) is 11.8. The molecule has 0 bridgehead atoms. The number of fused-ring (bicyclic) bond motifs is 1. The van der Waals surface area contributed by atoms with Gasteiger partial charge in [-0.15, -0.1) is 0 Å². The summed E-state index contributed by atoms with van der Waals surface area (Å²) in [6.07, 6.45) is 5.23. The van der Waals surface area contributed by atoms with Gasteiger partial charge in [0.15, 0.2) is 0 Å². The Morgan fingerprint density at radius 2 is 2.14 bits per heavy atom. The highest BCUT2D eigenvalue weighted by Crippen LogP contribution is 2.30. The van der Waals surface area contributed by atoms with Crippen molar-refractivity contribution >= 4 is 28.5 Å². The lowest BCUT2D eigenvalue weighted by Crippen LogP contribution is -2.44. The summed E-state index contributed by atoms with van der Waals surface area (Å²) in [6.45, 7) is 1.64. The Kier molecular flexibility index (Phi) is 8.22. The van der Waals surface area contributed by atoms with E-state index in [9.17, 15) is 14.3 Å². The van der Waals surface area contributed by atoms with Gasteiger partial charge in [-0.25, -0.2) is 4.39 Å². The van der Waals surface area contributed by atoms with E-state index in [-0.39, 0.29) is 5.92 Å². The molecule has 1 aliphatic heterocycles. The van der Waals surface area contributed by atoms with Crippen molar-refractivity contribution in [1.29, 1.82) is 0 Å². The molecule has 1 N–H and O–H groups in total. The number of piperidine rings is 1. The summed E-state index contributed by atoms with van der Waals surface area (Å²) >= 11 is 5.78. The molecule has 0 amide bonds. The highest BCUT2D eigenvalue weighted by Gasteiger charge is 2.33. The van der Waals surface area contributed by atoms with Gasteiger partial charge in [0.05, 0.1) is 30.7 Å². The molecule has 1 fully saturated rings. The van der Waals surface area contributed by atoms with Crippen molar-refractivity contribution in [3.05, 3.63) is 70.6 Å². The van der Waals surface area contributed by atoms with Crippen molar-refractivity contribution in [2.45, 2.75) is 25.7 Å². The zero-order chi connectivity index (χ0) is 24.8. The molecule has 0 unspecified atom stereocenters. The van der Waals surface area contributed by atoms with Crippen LogP contribution in [0.15, 0.2) is 48.7 Å². The van der Waals surface area contributed by atoms with Crippen molar-refractivity contribution < 1.29 is 19.0 Å². The average molecular weight is 495 g/mol. The van der Waals surface area contributed by atoms with Gasteiger partial charge in [0.2, 0.25) is 0 Å². The number of benzene rings is 2. The predicted molar refractivity (Wildman–Crippen MR) is 135 cm³/mol. The second-order valence-corrected chi connectivity index (χ2v) is 9.34. The number of aromatic nitrogens is 1. The predicted octanol–water partition coefficient (Wildman–Crippen LogP) is 5.43. The number of aryl methyl sites for hydroxylation is 1. The van der Waals surface area contributed by atoms with Crippen LogP contribution in [0.3, 0.4) is 0 Å². The number of nitrogens with zero attached hydrogens (tertiary/aromatic N) is 2. The van der Waals surface area contributed by atoms with E-state index in [1.54, 1.807) is 19.2 Å². The Morgan fingerprint density at radius 3 is 2.91 bits per heavy atom. The number of carboxylic acid groups (broad SMARTS) is 1. The zero-order valence-electron chi connectivity index (χ0n) is 19.6. The summed E-state index contributed by atoms with van der Waals surface area (Å²) in [5.74, 6) is 5.07. The fraction of sp³-hybridized carbons (Fsp3) is 0.357. The van der Waals surface area contributed by atoms with E-state index in [4.69, 9.17) is 16.3 Å². The number of hydrogen-bond acceptors (Lipinski definition) is 4. The largest absolute Gasteiger partial charge is 0.497 e. The number of aliphatic carboxylic acids is 1. The lowest BCUT2D eigenvalue weighted by atomic mass is 9.81. The van der Waals surface area contributed by atoms with E-state index in [0.717, 1.165) is 48.9 Å². The molecule has 0 radical (unpaired) electrons. The molecule has 1 saturated heterocycles. The standard InChI is InChI=1S/C28H28ClFN2O3/c1-35-23-9-10-27-24(17-23)19(11-13-31-27)4-2-5-20-12-15-32(18-25(20)28(33)34)14-3-6-21-7-8-22(29)16-26(21)30/h7-11,13,16-17,20,25H,2,4-5,12,14-15,18H2,1H3,(H,33,34)/t20-,25+/m1/s1. The molecule has 1 aliphatic rings. The number of likely N-dealkylation sites (tertiary alicyclic amines) is 1. The van der Waals surface area contributed by atoms with Gasteiger partial charge in [-0.05, 0) is 86.2 Å². The topological polar surface area (TPSA) is 62.7 Å². The molecule has 0 spiro atoms. The van der Waals surface area contributed by atoms with E-state index in [2.05, 4.69) is 16.8 Å². The van der Waals surface area contributed by atoms with Crippen molar-refractivity contribution in [2.24, 2.45) is 11.8 Å². The highest BCUT2D eigenvalue weighted by molar-refractivity contribution is 6.30. The number of ether oxygens (including phenoxy) is 1. The van der Waals surface area contributed by atoms with Gasteiger partial charge in [-0.3, -0.25) is 14.7 Å². The summed E-state index contributed by atoms with van der Waals surface area (Å²) in [6, 6.07) is 12.3. The third-order valence-electron chi connectivity index (χ3n) is 6.67. The Morgan fingerprint density at radius 1 is 1.29 bits per heavy atom. The van der Waals surface area contributed by atoms with E-state index in [0.29, 0.717) is 23.7 Å². The summed E-state index contributed by atoms with van der Waals surface area (Å²) in [5, 5.41) is 11.3. The average Bonchev–Trinajstić information content (AvgIpc) is 2.85. The van der Waals surface area contributed by atoms with E-state index in [1.165, 1.54) is 11.6 Å². The molecule has 3 aromatic rings. The minimum Gasteiger partial charge on any atom is -0.497 e. The van der Waals surface area contributed by atoms with Crippen LogP contribution in [-0.2, 0) is 11.2 Å². The fourth-order valence-corrected chi connectivity index (χ4v) is 4.92. The van der Waals surface area contributed by atoms with Crippen molar-refractivity contribution in [1.82, 2.24) is 9.88 Å². The molecule has 5 nitrogen and oxygen atoms in total. The SMILES string of the molecule is COc1ccc2nccc(CCC[C@@H]3CCN(CC#Cc4ccc(Cl)cc4F)C[C@@H]3C(=O)O)c2c1. The second-order valence-electron chi connectivity index (χ2n) is 8.90. The van der Waals surface area contributed by atoms with E-state index >= 15 is 0 Å². The highest BCUT2D eigenvalue weighted by atomic mass is 35.5. The number of halogens is 2. The van der Waals surface area contributed by atoms with Crippen molar-refractivity contribution in [3.63, 3.8) is 0 Å². The number of rotatable bonds is 7. The first kappa shape index (κ1) is 25.0. The summed E-state index contributed by atoms with van der Waals surface area (Å²) < 4.78 is 19.3. The number of carboxylic acids is 1. The molecule has 2 aromatic carbocycles. The molecule has 182 valence electrons. The first-order valence-corrected chi connectivity index (χ1v) is 12.1. The summed E-state index contributed by atoms with van der Waals surface area (Å²) in [5.41, 5.74) is 2.42.